The Labute approximate surface area is 107 Å². The van der Waals surface area contributed by atoms with Gasteiger partial charge in [0.2, 0.25) is 0 Å². The Hall–Kier alpha value is -1.00. The molecule has 0 amide bonds. The van der Waals surface area contributed by atoms with Crippen LogP contribution in [-0.4, -0.2) is 30.7 Å². The summed E-state index contributed by atoms with van der Waals surface area (Å²) in [5.74, 6) is 1.05. The van der Waals surface area contributed by atoms with Gasteiger partial charge in [-0.15, -0.1) is 0 Å². The van der Waals surface area contributed by atoms with Crippen LogP contribution in [0.2, 0.25) is 0 Å². The Balaban J connectivity index is 1.92. The predicted octanol–water partition coefficient (Wildman–Crippen LogP) is 2.46. The van der Waals surface area contributed by atoms with E-state index in [4.69, 9.17) is 4.74 Å². The number of ether oxygens (including phenoxy) is 1. The van der Waals surface area contributed by atoms with Gasteiger partial charge in [-0.3, -0.25) is 4.99 Å². The van der Waals surface area contributed by atoms with Crippen LogP contribution in [0.15, 0.2) is 35.3 Å². The summed E-state index contributed by atoms with van der Waals surface area (Å²) in [4.78, 5) is 4.51. The molecule has 0 spiro atoms. The normalized spacial score (nSPS) is 23.6. The number of hydrogen-bond acceptors (Lipinski definition) is 3. The smallest absolute Gasteiger partial charge is 0.157 e. The van der Waals surface area contributed by atoms with E-state index in [1.165, 1.54) is 5.56 Å². The number of rotatable bonds is 4. The summed E-state index contributed by atoms with van der Waals surface area (Å²) in [5, 5.41) is 4.47. The Morgan fingerprint density at radius 3 is 2.94 bits per heavy atom. The van der Waals surface area contributed by atoms with Crippen LogP contribution in [0.25, 0.3) is 0 Å². The summed E-state index contributed by atoms with van der Waals surface area (Å²) in [5.41, 5.74) is 1.32. The second-order valence-electron chi connectivity index (χ2n) is 4.11. The molecule has 0 bridgehead atoms. The summed E-state index contributed by atoms with van der Waals surface area (Å²) in [6, 6.07) is 10.9. The minimum absolute atomic E-state index is 0.181. The Kier molecular flexibility index (Phi) is 4.45. The van der Waals surface area contributed by atoms with Crippen molar-refractivity contribution >= 4 is 16.9 Å². The third kappa shape index (κ3) is 3.48. The van der Waals surface area contributed by atoms with Crippen LogP contribution in [0.3, 0.4) is 0 Å². The molecule has 2 rings (SSSR count). The van der Waals surface area contributed by atoms with Crippen LogP contribution in [0.5, 0.6) is 0 Å². The van der Waals surface area contributed by atoms with Gasteiger partial charge in [0.1, 0.15) is 0 Å². The number of benzene rings is 1. The van der Waals surface area contributed by atoms with Crippen LogP contribution in [-0.2, 0) is 4.74 Å². The van der Waals surface area contributed by atoms with E-state index in [2.05, 4.69) is 34.6 Å². The summed E-state index contributed by atoms with van der Waals surface area (Å²) >= 11 is 1.78. The van der Waals surface area contributed by atoms with Crippen LogP contribution in [0.4, 0.5) is 0 Å². The molecule has 0 aromatic heterocycles. The van der Waals surface area contributed by atoms with E-state index in [0.717, 1.165) is 10.9 Å². The van der Waals surface area contributed by atoms with E-state index in [1.807, 2.05) is 13.0 Å². The topological polar surface area (TPSA) is 33.6 Å². The summed E-state index contributed by atoms with van der Waals surface area (Å²) in [6.07, 6.45) is 0.181. The van der Waals surface area contributed by atoms with E-state index in [1.54, 1.807) is 18.9 Å². The Morgan fingerprint density at radius 1 is 1.47 bits per heavy atom. The van der Waals surface area contributed by atoms with Crippen molar-refractivity contribution in [3.05, 3.63) is 35.9 Å². The molecule has 0 aliphatic carbocycles. The van der Waals surface area contributed by atoms with Gasteiger partial charge >= 0.3 is 0 Å². The zero-order chi connectivity index (χ0) is 12.1. The minimum Gasteiger partial charge on any atom is -0.380 e. The van der Waals surface area contributed by atoms with E-state index >= 15 is 0 Å². The summed E-state index contributed by atoms with van der Waals surface area (Å²) in [6.45, 7) is 2.74. The maximum atomic E-state index is 5.18. The predicted molar refractivity (Wildman–Crippen MR) is 73.5 cm³/mol. The van der Waals surface area contributed by atoms with Gasteiger partial charge in [-0.25, -0.2) is 0 Å². The fraction of sp³-hybridized carbons (Fsp3) is 0.462. The lowest BCUT2D eigenvalue weighted by Gasteiger charge is -2.10. The van der Waals surface area contributed by atoms with Gasteiger partial charge < -0.3 is 10.1 Å². The SMILES string of the molecule is COC(C)CN=C1NC(c2ccccc2)CS1. The van der Waals surface area contributed by atoms with Crippen LogP contribution in [0.1, 0.15) is 18.5 Å². The first-order valence-electron chi connectivity index (χ1n) is 5.81. The summed E-state index contributed by atoms with van der Waals surface area (Å²) in [7, 11) is 1.72. The molecule has 17 heavy (non-hydrogen) atoms. The van der Waals surface area contributed by atoms with Crippen molar-refractivity contribution in [2.45, 2.75) is 19.1 Å². The molecule has 2 atom stereocenters. The number of methoxy groups -OCH3 is 1. The third-order valence-electron chi connectivity index (χ3n) is 2.78. The molecule has 3 nitrogen and oxygen atoms in total. The molecule has 1 fully saturated rings. The molecule has 92 valence electrons. The van der Waals surface area contributed by atoms with Crippen LogP contribution in [0, 0.1) is 0 Å². The zero-order valence-electron chi connectivity index (χ0n) is 10.2. The van der Waals surface area contributed by atoms with Gasteiger partial charge in [0.25, 0.3) is 0 Å². The summed E-state index contributed by atoms with van der Waals surface area (Å²) < 4.78 is 5.18. The first kappa shape index (κ1) is 12.5. The quantitative estimate of drug-likeness (QED) is 0.891. The van der Waals surface area contributed by atoms with Gasteiger partial charge in [-0.1, -0.05) is 42.1 Å². The van der Waals surface area contributed by atoms with Gasteiger partial charge in [0.15, 0.2) is 5.17 Å². The minimum atomic E-state index is 0.181. The van der Waals surface area contributed by atoms with E-state index in [-0.39, 0.29) is 6.10 Å². The zero-order valence-corrected chi connectivity index (χ0v) is 11.0. The number of nitrogens with zero attached hydrogens (tertiary/aromatic N) is 1. The lowest BCUT2D eigenvalue weighted by Crippen LogP contribution is -2.20. The van der Waals surface area contributed by atoms with Gasteiger partial charge in [-0.2, -0.15) is 0 Å². The fourth-order valence-corrected chi connectivity index (χ4v) is 2.63. The molecule has 1 N–H and O–H groups in total. The molecular formula is C13H18N2OS. The molecule has 1 aliphatic rings. The molecule has 1 aromatic carbocycles. The number of hydrogen-bond donors (Lipinski definition) is 1. The number of thioether (sulfide) groups is 1. The number of amidine groups is 1. The monoisotopic (exact) mass is 250 g/mol. The molecule has 1 saturated heterocycles. The van der Waals surface area contributed by atoms with Crippen LogP contribution < -0.4 is 5.32 Å². The molecular weight excluding hydrogens is 232 g/mol. The third-order valence-corrected chi connectivity index (χ3v) is 3.80. The standard InChI is InChI=1S/C13H18N2OS/c1-10(16-2)8-14-13-15-12(9-17-13)11-6-4-3-5-7-11/h3-7,10,12H,8-9H2,1-2H3,(H,14,15). The van der Waals surface area contributed by atoms with E-state index in [0.29, 0.717) is 12.6 Å². The lowest BCUT2D eigenvalue weighted by atomic mass is 10.1. The largest absolute Gasteiger partial charge is 0.380 e. The average molecular weight is 250 g/mol. The van der Waals surface area contributed by atoms with Crippen molar-refractivity contribution in [1.29, 1.82) is 0 Å². The molecule has 0 radical (unpaired) electrons. The average Bonchev–Trinajstić information content (AvgIpc) is 2.86. The van der Waals surface area contributed by atoms with Gasteiger partial charge in [0.05, 0.1) is 18.7 Å². The molecule has 0 saturated carbocycles. The first-order chi connectivity index (χ1) is 8.29. The van der Waals surface area contributed by atoms with Crippen molar-refractivity contribution < 1.29 is 4.74 Å². The highest BCUT2D eigenvalue weighted by molar-refractivity contribution is 8.14. The molecule has 4 heteroatoms. The van der Waals surface area contributed by atoms with Crippen LogP contribution >= 0.6 is 11.8 Å². The molecule has 2 unspecified atom stereocenters. The van der Waals surface area contributed by atoms with Crippen molar-refractivity contribution in [2.75, 3.05) is 19.4 Å². The van der Waals surface area contributed by atoms with Crippen molar-refractivity contribution in [1.82, 2.24) is 5.32 Å². The Morgan fingerprint density at radius 2 is 2.24 bits per heavy atom. The molecule has 1 heterocycles. The molecule has 1 aliphatic heterocycles. The Bertz CT molecular complexity index is 380. The fourth-order valence-electron chi connectivity index (χ4n) is 1.64. The lowest BCUT2D eigenvalue weighted by molar-refractivity contribution is 0.125. The van der Waals surface area contributed by atoms with Crippen molar-refractivity contribution in [3.63, 3.8) is 0 Å². The number of aliphatic imine (C=N–C) groups is 1. The van der Waals surface area contributed by atoms with Crippen molar-refractivity contribution in [3.8, 4) is 0 Å². The van der Waals surface area contributed by atoms with Gasteiger partial charge in [-0.05, 0) is 12.5 Å². The van der Waals surface area contributed by atoms with E-state index in [9.17, 15) is 0 Å². The highest BCUT2D eigenvalue weighted by Gasteiger charge is 2.21. The van der Waals surface area contributed by atoms with Crippen molar-refractivity contribution in [2.24, 2.45) is 4.99 Å². The second kappa shape index (κ2) is 6.07. The first-order valence-corrected chi connectivity index (χ1v) is 6.79. The maximum Gasteiger partial charge on any atom is 0.157 e. The maximum absolute atomic E-state index is 5.18. The second-order valence-corrected chi connectivity index (χ2v) is 5.12. The number of nitrogens with one attached hydrogen (secondary N) is 1. The van der Waals surface area contributed by atoms with Gasteiger partial charge in [0, 0.05) is 12.9 Å². The highest BCUT2D eigenvalue weighted by Crippen LogP contribution is 2.25. The highest BCUT2D eigenvalue weighted by atomic mass is 32.2. The van der Waals surface area contributed by atoms with E-state index < -0.39 is 0 Å². The molecule has 1 aromatic rings.